The fraction of sp³-hybridized carbons (Fsp3) is 0.765. The minimum absolute atomic E-state index is 0.0116. The van der Waals surface area contributed by atoms with E-state index in [1.54, 1.807) is 0 Å². The zero-order valence-corrected chi connectivity index (χ0v) is 13.2. The van der Waals surface area contributed by atoms with Crippen molar-refractivity contribution in [3.8, 4) is 0 Å². The molecule has 6 atom stereocenters. The minimum Gasteiger partial charge on any atom is -0.466 e. The number of esters is 2. The van der Waals surface area contributed by atoms with Crippen LogP contribution in [0.25, 0.3) is 0 Å². The highest BCUT2D eigenvalue weighted by Gasteiger charge is 2.59. The van der Waals surface area contributed by atoms with Crippen LogP contribution in [0.1, 0.15) is 39.5 Å². The lowest BCUT2D eigenvalue weighted by molar-refractivity contribution is -0.176. The Morgan fingerprint density at radius 1 is 1.45 bits per heavy atom. The lowest BCUT2D eigenvalue weighted by Gasteiger charge is -2.54. The van der Waals surface area contributed by atoms with Gasteiger partial charge in [-0.2, -0.15) is 0 Å². The van der Waals surface area contributed by atoms with Gasteiger partial charge in [-0.1, -0.05) is 13.5 Å². The van der Waals surface area contributed by atoms with Crippen molar-refractivity contribution in [1.82, 2.24) is 0 Å². The Bertz CT molecular complexity index is 513. The van der Waals surface area contributed by atoms with Gasteiger partial charge < -0.3 is 14.6 Å². The number of hydrogen-bond donors (Lipinski definition) is 1. The van der Waals surface area contributed by atoms with Crippen molar-refractivity contribution in [3.05, 3.63) is 12.2 Å². The van der Waals surface area contributed by atoms with E-state index >= 15 is 0 Å². The normalized spacial score (nSPS) is 44.0. The predicted molar refractivity (Wildman–Crippen MR) is 78.7 cm³/mol. The molecule has 0 amide bonds. The van der Waals surface area contributed by atoms with E-state index in [1.165, 1.54) is 6.92 Å². The Morgan fingerprint density at radius 3 is 2.86 bits per heavy atom. The molecule has 0 unspecified atom stereocenters. The maximum absolute atomic E-state index is 11.9. The molecule has 3 rings (SSSR count). The van der Waals surface area contributed by atoms with Crippen LogP contribution in [0.5, 0.6) is 0 Å². The van der Waals surface area contributed by atoms with Crippen molar-refractivity contribution in [2.45, 2.75) is 51.7 Å². The van der Waals surface area contributed by atoms with E-state index in [-0.39, 0.29) is 41.2 Å². The van der Waals surface area contributed by atoms with Crippen LogP contribution in [-0.4, -0.2) is 35.9 Å². The van der Waals surface area contributed by atoms with Gasteiger partial charge in [0.15, 0.2) is 0 Å². The second-order valence-electron chi connectivity index (χ2n) is 7.23. The standard InChI is InChI=1S/C17H24O5/c1-9-12-6-7-17(3)13(19)5-4-11(8-21-10(2)18)14(17)15(12)22-16(9)20/h11-15,19H,1,4-8H2,2-3H3/t11-,12+,13+,14-,15+,17+/m1/s1. The second kappa shape index (κ2) is 5.37. The average Bonchev–Trinajstić information content (AvgIpc) is 2.74. The molecule has 0 aromatic rings. The number of rotatable bonds is 2. The van der Waals surface area contributed by atoms with Crippen molar-refractivity contribution in [3.63, 3.8) is 0 Å². The summed E-state index contributed by atoms with van der Waals surface area (Å²) in [7, 11) is 0. The minimum atomic E-state index is -0.403. The van der Waals surface area contributed by atoms with Gasteiger partial charge in [0.1, 0.15) is 6.10 Å². The number of carbonyl (C=O) groups excluding carboxylic acids is 2. The Labute approximate surface area is 130 Å². The third-order valence-electron chi connectivity index (χ3n) is 6.04. The van der Waals surface area contributed by atoms with E-state index in [0.717, 1.165) is 19.3 Å². The highest BCUT2D eigenvalue weighted by atomic mass is 16.6. The molecule has 0 aromatic heterocycles. The molecule has 3 fully saturated rings. The summed E-state index contributed by atoms with van der Waals surface area (Å²) in [6.45, 7) is 7.68. The highest BCUT2D eigenvalue weighted by Crippen LogP contribution is 2.57. The zero-order valence-electron chi connectivity index (χ0n) is 13.2. The molecule has 2 saturated carbocycles. The van der Waals surface area contributed by atoms with Gasteiger partial charge in [-0.15, -0.1) is 0 Å². The maximum Gasteiger partial charge on any atom is 0.334 e. The van der Waals surface area contributed by atoms with Gasteiger partial charge in [-0.25, -0.2) is 4.79 Å². The van der Waals surface area contributed by atoms with Crippen molar-refractivity contribution in [1.29, 1.82) is 0 Å². The summed E-state index contributed by atoms with van der Waals surface area (Å²) >= 11 is 0. The summed E-state index contributed by atoms with van der Waals surface area (Å²) in [4.78, 5) is 23.1. The first-order valence-electron chi connectivity index (χ1n) is 8.06. The summed E-state index contributed by atoms with van der Waals surface area (Å²) in [5.41, 5.74) is 0.258. The number of ether oxygens (including phenoxy) is 2. The molecule has 122 valence electrons. The summed E-state index contributed by atoms with van der Waals surface area (Å²) < 4.78 is 10.8. The van der Waals surface area contributed by atoms with Crippen LogP contribution in [0.4, 0.5) is 0 Å². The Hall–Kier alpha value is -1.36. The predicted octanol–water partition coefficient (Wildman–Crippen LogP) is 1.83. The Balaban J connectivity index is 1.90. The third-order valence-corrected chi connectivity index (χ3v) is 6.04. The monoisotopic (exact) mass is 308 g/mol. The fourth-order valence-electron chi connectivity index (χ4n) is 4.79. The first-order chi connectivity index (χ1) is 10.3. The quantitative estimate of drug-likeness (QED) is 0.622. The number of fused-ring (bicyclic) bond motifs is 3. The molecular weight excluding hydrogens is 284 g/mol. The molecule has 1 aliphatic heterocycles. The van der Waals surface area contributed by atoms with Gasteiger partial charge in [0.2, 0.25) is 0 Å². The topological polar surface area (TPSA) is 72.8 Å². The Kier molecular flexibility index (Phi) is 3.79. The molecule has 0 aromatic carbocycles. The number of carbonyl (C=O) groups is 2. The van der Waals surface area contributed by atoms with E-state index in [0.29, 0.717) is 18.6 Å². The Morgan fingerprint density at radius 2 is 2.18 bits per heavy atom. The molecule has 5 nitrogen and oxygen atoms in total. The largest absolute Gasteiger partial charge is 0.466 e. The van der Waals surface area contributed by atoms with E-state index < -0.39 is 6.10 Å². The van der Waals surface area contributed by atoms with Crippen molar-refractivity contribution in [2.75, 3.05) is 6.61 Å². The summed E-state index contributed by atoms with van der Waals surface area (Å²) in [6.07, 6.45) is 2.49. The molecular formula is C17H24O5. The molecule has 0 radical (unpaired) electrons. The third kappa shape index (κ3) is 2.26. The zero-order chi connectivity index (χ0) is 16.1. The van der Waals surface area contributed by atoms with Crippen molar-refractivity contribution >= 4 is 11.9 Å². The van der Waals surface area contributed by atoms with Crippen molar-refractivity contribution < 1.29 is 24.2 Å². The first kappa shape index (κ1) is 15.5. The fourth-order valence-corrected chi connectivity index (χ4v) is 4.79. The van der Waals surface area contributed by atoms with Crippen LogP contribution in [0.2, 0.25) is 0 Å². The molecule has 0 bridgehead atoms. The van der Waals surface area contributed by atoms with E-state index in [2.05, 4.69) is 13.5 Å². The van der Waals surface area contributed by atoms with Crippen LogP contribution < -0.4 is 0 Å². The van der Waals surface area contributed by atoms with Crippen LogP contribution in [0, 0.1) is 23.2 Å². The summed E-state index contributed by atoms with van der Waals surface area (Å²) in [6, 6.07) is 0. The van der Waals surface area contributed by atoms with Gasteiger partial charge in [0.25, 0.3) is 0 Å². The summed E-state index contributed by atoms with van der Waals surface area (Å²) in [5, 5.41) is 10.5. The van der Waals surface area contributed by atoms with E-state index in [1.807, 2.05) is 0 Å². The SMILES string of the molecule is C=C1C(=O)O[C@@H]2[C@H]3[C@@H](COC(C)=O)CC[C@H](O)[C@]3(C)CC[C@@H]12. The first-order valence-corrected chi connectivity index (χ1v) is 8.06. The molecule has 2 aliphatic carbocycles. The maximum atomic E-state index is 11.9. The van der Waals surface area contributed by atoms with Gasteiger partial charge in [0.05, 0.1) is 12.7 Å². The van der Waals surface area contributed by atoms with Crippen LogP contribution in [0.3, 0.4) is 0 Å². The number of aliphatic hydroxyl groups excluding tert-OH is 1. The van der Waals surface area contributed by atoms with Crippen LogP contribution in [-0.2, 0) is 19.1 Å². The van der Waals surface area contributed by atoms with Gasteiger partial charge in [-0.05, 0) is 25.7 Å². The van der Waals surface area contributed by atoms with E-state index in [4.69, 9.17) is 9.47 Å². The molecule has 1 N–H and O–H groups in total. The van der Waals surface area contributed by atoms with Crippen molar-refractivity contribution in [2.24, 2.45) is 23.2 Å². The smallest absolute Gasteiger partial charge is 0.334 e. The molecule has 22 heavy (non-hydrogen) atoms. The lowest BCUT2D eigenvalue weighted by atomic mass is 9.52. The number of hydrogen-bond acceptors (Lipinski definition) is 5. The second-order valence-corrected chi connectivity index (χ2v) is 7.23. The lowest BCUT2D eigenvalue weighted by Crippen LogP contribution is -2.56. The number of aliphatic hydroxyl groups is 1. The highest BCUT2D eigenvalue weighted by molar-refractivity contribution is 5.90. The average molecular weight is 308 g/mol. The molecule has 1 saturated heterocycles. The molecule has 5 heteroatoms. The molecule has 0 spiro atoms. The van der Waals surface area contributed by atoms with Gasteiger partial charge in [0, 0.05) is 35.7 Å². The van der Waals surface area contributed by atoms with E-state index in [9.17, 15) is 14.7 Å². The van der Waals surface area contributed by atoms with Crippen LogP contribution in [0.15, 0.2) is 12.2 Å². The van der Waals surface area contributed by atoms with Crippen LogP contribution >= 0.6 is 0 Å². The van der Waals surface area contributed by atoms with Gasteiger partial charge in [-0.3, -0.25) is 4.79 Å². The van der Waals surface area contributed by atoms with Gasteiger partial charge >= 0.3 is 11.9 Å². The summed E-state index contributed by atoms with van der Waals surface area (Å²) in [5.74, 6) is -0.449. The molecule has 3 aliphatic rings. The molecule has 1 heterocycles.